The fraction of sp³-hybridized carbons (Fsp3) is 0.412. The summed E-state index contributed by atoms with van der Waals surface area (Å²) in [5.41, 5.74) is 1.54. The molecule has 1 aliphatic carbocycles. The highest BCUT2D eigenvalue weighted by molar-refractivity contribution is 5.50. The van der Waals surface area contributed by atoms with Crippen molar-refractivity contribution in [2.45, 2.75) is 32.6 Å². The average molecular weight is 250 g/mol. The molecule has 2 heteroatoms. The highest BCUT2D eigenvalue weighted by Crippen LogP contribution is 2.41. The first-order valence-corrected chi connectivity index (χ1v) is 6.77. The Balaban J connectivity index is 2.19. The van der Waals surface area contributed by atoms with E-state index in [9.17, 15) is 10.5 Å². The van der Waals surface area contributed by atoms with Crippen molar-refractivity contribution in [3.05, 3.63) is 41.5 Å². The molecule has 0 spiro atoms. The van der Waals surface area contributed by atoms with Gasteiger partial charge in [0.2, 0.25) is 0 Å². The van der Waals surface area contributed by atoms with E-state index in [1.54, 1.807) is 0 Å². The van der Waals surface area contributed by atoms with Crippen LogP contribution in [0.3, 0.4) is 0 Å². The van der Waals surface area contributed by atoms with Crippen LogP contribution in [-0.4, -0.2) is 0 Å². The molecule has 0 bridgehead atoms. The predicted molar refractivity (Wildman–Crippen MR) is 75.8 cm³/mol. The van der Waals surface area contributed by atoms with E-state index in [1.165, 1.54) is 5.56 Å². The molecule has 96 valence electrons. The van der Waals surface area contributed by atoms with Gasteiger partial charge in [0.25, 0.3) is 0 Å². The third kappa shape index (κ3) is 2.85. The minimum absolute atomic E-state index is 0.0533. The monoisotopic (exact) mass is 250 g/mol. The van der Waals surface area contributed by atoms with Crippen LogP contribution in [0.5, 0.6) is 0 Å². The van der Waals surface area contributed by atoms with Crippen molar-refractivity contribution in [3.63, 3.8) is 0 Å². The van der Waals surface area contributed by atoms with E-state index in [0.29, 0.717) is 6.42 Å². The third-order valence-electron chi connectivity index (χ3n) is 3.97. The van der Waals surface area contributed by atoms with Gasteiger partial charge in [-0.1, -0.05) is 54.8 Å². The number of hydrogen-bond acceptors (Lipinski definition) is 2. The summed E-state index contributed by atoms with van der Waals surface area (Å²) in [6, 6.07) is 12.8. The molecule has 0 aliphatic heterocycles. The third-order valence-corrected chi connectivity index (χ3v) is 3.97. The zero-order valence-electron chi connectivity index (χ0n) is 11.3. The van der Waals surface area contributed by atoms with E-state index in [-0.39, 0.29) is 5.92 Å². The molecule has 2 nitrogen and oxygen atoms in total. The first-order valence-electron chi connectivity index (χ1n) is 6.77. The van der Waals surface area contributed by atoms with E-state index < -0.39 is 5.41 Å². The van der Waals surface area contributed by atoms with Gasteiger partial charge in [0.1, 0.15) is 5.41 Å². The molecule has 1 unspecified atom stereocenters. The molecule has 0 radical (unpaired) electrons. The van der Waals surface area contributed by atoms with Gasteiger partial charge < -0.3 is 0 Å². The maximum atomic E-state index is 9.34. The Bertz CT molecular complexity index is 526. The van der Waals surface area contributed by atoms with Crippen LogP contribution in [0.1, 0.15) is 36.8 Å². The number of aryl methyl sites for hydroxylation is 1. The Morgan fingerprint density at radius 2 is 1.84 bits per heavy atom. The molecular weight excluding hydrogens is 232 g/mol. The number of allylic oxidation sites excluding steroid dienone is 1. The van der Waals surface area contributed by atoms with Gasteiger partial charge in [-0.15, -0.1) is 0 Å². The van der Waals surface area contributed by atoms with Gasteiger partial charge in [-0.05, 0) is 25.3 Å². The van der Waals surface area contributed by atoms with Gasteiger partial charge >= 0.3 is 0 Å². The van der Waals surface area contributed by atoms with Gasteiger partial charge in [0.05, 0.1) is 12.1 Å². The smallest absolute Gasteiger partial charge is 0.150 e. The summed E-state index contributed by atoms with van der Waals surface area (Å²) in [4.78, 5) is 0. The van der Waals surface area contributed by atoms with Crippen LogP contribution in [0.25, 0.3) is 6.08 Å². The molecule has 1 aromatic rings. The van der Waals surface area contributed by atoms with Gasteiger partial charge in [-0.25, -0.2) is 0 Å². The summed E-state index contributed by atoms with van der Waals surface area (Å²) in [7, 11) is 0. The van der Waals surface area contributed by atoms with Crippen molar-refractivity contribution in [1.82, 2.24) is 0 Å². The van der Waals surface area contributed by atoms with Crippen molar-refractivity contribution in [3.8, 4) is 12.1 Å². The Morgan fingerprint density at radius 1 is 1.16 bits per heavy atom. The molecule has 0 heterocycles. The topological polar surface area (TPSA) is 47.6 Å². The van der Waals surface area contributed by atoms with Gasteiger partial charge in [0.15, 0.2) is 0 Å². The Hall–Kier alpha value is -2.06. The molecule has 1 aliphatic rings. The number of benzene rings is 1. The lowest BCUT2D eigenvalue weighted by molar-refractivity contribution is 0.269. The molecule has 1 aromatic carbocycles. The van der Waals surface area contributed by atoms with E-state index in [0.717, 1.165) is 24.8 Å². The fourth-order valence-electron chi connectivity index (χ4n) is 2.67. The normalized spacial score (nSPS) is 21.7. The van der Waals surface area contributed by atoms with Crippen molar-refractivity contribution in [2.75, 3.05) is 0 Å². The first-order chi connectivity index (χ1) is 9.20. The molecule has 1 atom stereocenters. The lowest BCUT2D eigenvalue weighted by Crippen LogP contribution is -2.29. The molecular formula is C17H18N2. The van der Waals surface area contributed by atoms with Gasteiger partial charge in [0, 0.05) is 5.92 Å². The van der Waals surface area contributed by atoms with E-state index in [2.05, 4.69) is 49.4 Å². The Morgan fingerprint density at radius 3 is 2.47 bits per heavy atom. The zero-order chi connectivity index (χ0) is 13.7. The highest BCUT2D eigenvalue weighted by atomic mass is 14.5. The summed E-state index contributed by atoms with van der Waals surface area (Å²) in [5.74, 6) is 0.0533. The van der Waals surface area contributed by atoms with Crippen molar-refractivity contribution >= 4 is 6.08 Å². The lowest BCUT2D eigenvalue weighted by atomic mass is 9.68. The minimum atomic E-state index is -0.820. The number of nitriles is 2. The fourth-order valence-corrected chi connectivity index (χ4v) is 2.67. The number of rotatable bonds is 2. The van der Waals surface area contributed by atoms with Crippen LogP contribution in [0.4, 0.5) is 0 Å². The van der Waals surface area contributed by atoms with Crippen LogP contribution in [0.2, 0.25) is 0 Å². The Kier molecular flexibility index (Phi) is 4.03. The SMILES string of the molecule is Cc1ccc(/C=C/C2CCCCC2(C#N)C#N)cc1. The summed E-state index contributed by atoms with van der Waals surface area (Å²) in [5, 5.41) is 18.7. The predicted octanol–water partition coefficient (Wildman–Crippen LogP) is 4.23. The molecule has 2 rings (SSSR count). The van der Waals surface area contributed by atoms with E-state index in [1.807, 2.05) is 6.08 Å². The second kappa shape index (κ2) is 5.72. The molecule has 1 saturated carbocycles. The van der Waals surface area contributed by atoms with E-state index >= 15 is 0 Å². The summed E-state index contributed by atoms with van der Waals surface area (Å²) >= 11 is 0. The van der Waals surface area contributed by atoms with Crippen LogP contribution < -0.4 is 0 Å². The molecule has 0 amide bonds. The summed E-state index contributed by atoms with van der Waals surface area (Å²) < 4.78 is 0. The van der Waals surface area contributed by atoms with Crippen LogP contribution in [0.15, 0.2) is 30.3 Å². The van der Waals surface area contributed by atoms with Crippen molar-refractivity contribution in [1.29, 1.82) is 10.5 Å². The standard InChI is InChI=1S/C17H18N2/c1-14-5-7-15(8-6-14)9-10-16-4-2-3-11-17(16,12-18)13-19/h5-10,16H,2-4,11H2,1H3/b10-9+. The van der Waals surface area contributed by atoms with Crippen LogP contribution >= 0.6 is 0 Å². The quantitative estimate of drug-likeness (QED) is 0.788. The molecule has 19 heavy (non-hydrogen) atoms. The number of nitrogens with zero attached hydrogens (tertiary/aromatic N) is 2. The second-order valence-corrected chi connectivity index (χ2v) is 5.32. The molecule has 1 fully saturated rings. The summed E-state index contributed by atoms with van der Waals surface area (Å²) in [6.45, 7) is 2.06. The largest absolute Gasteiger partial charge is 0.197 e. The van der Waals surface area contributed by atoms with Crippen LogP contribution in [0, 0.1) is 40.9 Å². The maximum absolute atomic E-state index is 9.34. The highest BCUT2D eigenvalue weighted by Gasteiger charge is 2.39. The zero-order valence-corrected chi connectivity index (χ0v) is 11.3. The molecule has 0 saturated heterocycles. The lowest BCUT2D eigenvalue weighted by Gasteiger charge is -2.31. The maximum Gasteiger partial charge on any atom is 0.150 e. The summed E-state index contributed by atoms with van der Waals surface area (Å²) in [6.07, 6.45) is 7.81. The first kappa shape index (κ1) is 13.4. The van der Waals surface area contributed by atoms with Gasteiger partial charge in [-0.3, -0.25) is 0 Å². The number of hydrogen-bond donors (Lipinski definition) is 0. The van der Waals surface area contributed by atoms with Crippen molar-refractivity contribution < 1.29 is 0 Å². The molecule has 0 N–H and O–H groups in total. The minimum Gasteiger partial charge on any atom is -0.197 e. The average Bonchev–Trinajstić information content (AvgIpc) is 2.47. The van der Waals surface area contributed by atoms with E-state index in [4.69, 9.17) is 0 Å². The van der Waals surface area contributed by atoms with Crippen LogP contribution in [-0.2, 0) is 0 Å². The van der Waals surface area contributed by atoms with Gasteiger partial charge in [-0.2, -0.15) is 10.5 Å². The molecule has 0 aromatic heterocycles. The second-order valence-electron chi connectivity index (χ2n) is 5.32. The van der Waals surface area contributed by atoms with Crippen molar-refractivity contribution in [2.24, 2.45) is 11.3 Å². The Labute approximate surface area is 115 Å².